The second-order valence-electron chi connectivity index (χ2n) is 6.35. The summed E-state index contributed by atoms with van der Waals surface area (Å²) in [4.78, 5) is 17.0. The molecule has 3 aromatic rings. The standard InChI is InChI=1S/C22H20N2O2S/c25-22(17-10-12-23-21(14-17)26-18-11-13-27-15-18)24-20-9-5-4-8-19(20)16-6-2-1-3-7-16/h1-10,12,14,18H,11,13,15H2,(H,24,25). The summed E-state index contributed by atoms with van der Waals surface area (Å²) < 4.78 is 5.90. The molecule has 2 heterocycles. The van der Waals surface area contributed by atoms with E-state index >= 15 is 0 Å². The zero-order chi connectivity index (χ0) is 18.5. The third-order valence-corrected chi connectivity index (χ3v) is 5.56. The van der Waals surface area contributed by atoms with Gasteiger partial charge in [0.2, 0.25) is 5.88 Å². The van der Waals surface area contributed by atoms with Gasteiger partial charge in [-0.3, -0.25) is 4.79 Å². The van der Waals surface area contributed by atoms with E-state index in [9.17, 15) is 4.79 Å². The molecular weight excluding hydrogens is 356 g/mol. The van der Waals surface area contributed by atoms with E-state index in [2.05, 4.69) is 10.3 Å². The molecule has 136 valence electrons. The predicted octanol–water partition coefficient (Wildman–Crippen LogP) is 4.89. The minimum atomic E-state index is -0.175. The van der Waals surface area contributed by atoms with Gasteiger partial charge in [-0.15, -0.1) is 0 Å². The quantitative estimate of drug-likeness (QED) is 0.689. The molecule has 1 fully saturated rings. The summed E-state index contributed by atoms with van der Waals surface area (Å²) in [5.41, 5.74) is 3.36. The number of anilines is 1. The van der Waals surface area contributed by atoms with Gasteiger partial charge in [-0.2, -0.15) is 11.8 Å². The Bertz CT molecular complexity index is 924. The molecule has 0 bridgehead atoms. The third kappa shape index (κ3) is 4.31. The second kappa shape index (κ2) is 8.27. The number of carbonyl (C=O) groups excluding carboxylic acids is 1. The maximum Gasteiger partial charge on any atom is 0.255 e. The number of carbonyl (C=O) groups is 1. The number of para-hydroxylation sites is 1. The lowest BCUT2D eigenvalue weighted by atomic mass is 10.0. The summed E-state index contributed by atoms with van der Waals surface area (Å²) in [5.74, 6) is 2.42. The smallest absolute Gasteiger partial charge is 0.255 e. The van der Waals surface area contributed by atoms with Crippen molar-refractivity contribution in [2.24, 2.45) is 0 Å². The minimum Gasteiger partial charge on any atom is -0.473 e. The predicted molar refractivity (Wildman–Crippen MR) is 110 cm³/mol. The highest BCUT2D eigenvalue weighted by atomic mass is 32.2. The van der Waals surface area contributed by atoms with Crippen molar-refractivity contribution >= 4 is 23.4 Å². The van der Waals surface area contributed by atoms with Gasteiger partial charge in [0.1, 0.15) is 6.10 Å². The van der Waals surface area contributed by atoms with Gasteiger partial charge < -0.3 is 10.1 Å². The molecule has 1 atom stereocenters. The molecule has 1 amide bonds. The van der Waals surface area contributed by atoms with Gasteiger partial charge in [-0.1, -0.05) is 48.5 Å². The Kier molecular flexibility index (Phi) is 5.39. The molecule has 1 aromatic heterocycles. The van der Waals surface area contributed by atoms with Crippen LogP contribution in [0.2, 0.25) is 0 Å². The fourth-order valence-electron chi connectivity index (χ4n) is 3.05. The third-order valence-electron chi connectivity index (χ3n) is 4.43. The molecule has 1 saturated heterocycles. The van der Waals surface area contributed by atoms with Crippen LogP contribution in [0.5, 0.6) is 5.88 Å². The van der Waals surface area contributed by atoms with E-state index in [1.165, 1.54) is 0 Å². The molecule has 4 rings (SSSR count). The van der Waals surface area contributed by atoms with Gasteiger partial charge in [-0.05, 0) is 29.9 Å². The van der Waals surface area contributed by atoms with Crippen molar-refractivity contribution in [2.45, 2.75) is 12.5 Å². The van der Waals surface area contributed by atoms with E-state index in [-0.39, 0.29) is 12.0 Å². The normalized spacial score (nSPS) is 16.1. The molecular formula is C22H20N2O2S. The zero-order valence-corrected chi connectivity index (χ0v) is 15.6. The van der Waals surface area contributed by atoms with Crippen molar-refractivity contribution < 1.29 is 9.53 Å². The van der Waals surface area contributed by atoms with Gasteiger partial charge in [0.15, 0.2) is 0 Å². The highest BCUT2D eigenvalue weighted by molar-refractivity contribution is 7.99. The lowest BCUT2D eigenvalue weighted by Crippen LogP contribution is -2.17. The molecule has 4 nitrogen and oxygen atoms in total. The Labute approximate surface area is 163 Å². The lowest BCUT2D eigenvalue weighted by molar-refractivity contribution is 0.102. The fourth-order valence-corrected chi connectivity index (χ4v) is 4.14. The number of hydrogen-bond donors (Lipinski definition) is 1. The average Bonchev–Trinajstić information content (AvgIpc) is 3.22. The maximum atomic E-state index is 12.8. The topological polar surface area (TPSA) is 51.2 Å². The summed E-state index contributed by atoms with van der Waals surface area (Å²) in [6.45, 7) is 0. The molecule has 0 saturated carbocycles. The molecule has 0 aliphatic carbocycles. The Morgan fingerprint density at radius 1 is 1.07 bits per heavy atom. The molecule has 27 heavy (non-hydrogen) atoms. The largest absolute Gasteiger partial charge is 0.473 e. The van der Waals surface area contributed by atoms with Crippen LogP contribution in [0.3, 0.4) is 0 Å². The van der Waals surface area contributed by atoms with Crippen molar-refractivity contribution in [3.05, 3.63) is 78.5 Å². The Morgan fingerprint density at radius 3 is 2.70 bits per heavy atom. The summed E-state index contributed by atoms with van der Waals surface area (Å²) in [6, 6.07) is 21.2. The Balaban J connectivity index is 1.53. The Hall–Kier alpha value is -2.79. The van der Waals surface area contributed by atoms with Crippen LogP contribution in [0.1, 0.15) is 16.8 Å². The number of nitrogens with one attached hydrogen (secondary N) is 1. The first-order valence-corrected chi connectivity index (χ1v) is 10.1. The van der Waals surface area contributed by atoms with Crippen molar-refractivity contribution in [2.75, 3.05) is 16.8 Å². The number of aromatic nitrogens is 1. The van der Waals surface area contributed by atoms with Crippen molar-refractivity contribution in [3.8, 4) is 17.0 Å². The molecule has 0 radical (unpaired) electrons. The van der Waals surface area contributed by atoms with Crippen LogP contribution < -0.4 is 10.1 Å². The van der Waals surface area contributed by atoms with E-state index in [1.54, 1.807) is 18.3 Å². The second-order valence-corrected chi connectivity index (χ2v) is 7.50. The van der Waals surface area contributed by atoms with Gasteiger partial charge in [-0.25, -0.2) is 4.98 Å². The van der Waals surface area contributed by atoms with Crippen LogP contribution >= 0.6 is 11.8 Å². The van der Waals surface area contributed by atoms with Gasteiger partial charge in [0.25, 0.3) is 5.91 Å². The van der Waals surface area contributed by atoms with E-state index in [4.69, 9.17) is 4.74 Å². The first-order chi connectivity index (χ1) is 13.3. The fraction of sp³-hybridized carbons (Fsp3) is 0.182. The number of thioether (sulfide) groups is 1. The number of nitrogens with zero attached hydrogens (tertiary/aromatic N) is 1. The average molecular weight is 376 g/mol. The molecule has 2 aromatic carbocycles. The van der Waals surface area contributed by atoms with E-state index in [1.807, 2.05) is 66.4 Å². The van der Waals surface area contributed by atoms with Crippen LogP contribution in [-0.2, 0) is 0 Å². The first kappa shape index (κ1) is 17.6. The monoisotopic (exact) mass is 376 g/mol. The van der Waals surface area contributed by atoms with E-state index < -0.39 is 0 Å². The van der Waals surface area contributed by atoms with E-state index in [0.717, 1.165) is 34.7 Å². The SMILES string of the molecule is O=C(Nc1ccccc1-c1ccccc1)c1ccnc(OC2CCSC2)c1. The number of pyridine rings is 1. The van der Waals surface area contributed by atoms with Crippen LogP contribution in [-0.4, -0.2) is 28.5 Å². The van der Waals surface area contributed by atoms with Crippen molar-refractivity contribution in [1.29, 1.82) is 0 Å². The van der Waals surface area contributed by atoms with Crippen LogP contribution in [0, 0.1) is 0 Å². The number of amides is 1. The molecule has 1 aliphatic rings. The highest BCUT2D eigenvalue weighted by Gasteiger charge is 2.18. The van der Waals surface area contributed by atoms with Gasteiger partial charge in [0, 0.05) is 34.8 Å². The number of benzene rings is 2. The first-order valence-electron chi connectivity index (χ1n) is 8.96. The number of ether oxygens (including phenoxy) is 1. The van der Waals surface area contributed by atoms with E-state index in [0.29, 0.717) is 11.4 Å². The van der Waals surface area contributed by atoms with Crippen LogP contribution in [0.4, 0.5) is 5.69 Å². The minimum absolute atomic E-state index is 0.175. The summed E-state index contributed by atoms with van der Waals surface area (Å²) in [7, 11) is 0. The summed E-state index contributed by atoms with van der Waals surface area (Å²) in [5, 5.41) is 3.02. The number of hydrogen-bond acceptors (Lipinski definition) is 4. The number of rotatable bonds is 5. The van der Waals surface area contributed by atoms with Crippen LogP contribution in [0.15, 0.2) is 72.9 Å². The zero-order valence-electron chi connectivity index (χ0n) is 14.8. The highest BCUT2D eigenvalue weighted by Crippen LogP contribution is 2.28. The van der Waals surface area contributed by atoms with Gasteiger partial charge in [0.05, 0.1) is 0 Å². The summed E-state index contributed by atoms with van der Waals surface area (Å²) in [6.07, 6.45) is 2.82. The molecule has 0 spiro atoms. The lowest BCUT2D eigenvalue weighted by Gasteiger charge is -2.13. The van der Waals surface area contributed by atoms with Crippen molar-refractivity contribution in [1.82, 2.24) is 4.98 Å². The van der Waals surface area contributed by atoms with Gasteiger partial charge >= 0.3 is 0 Å². The molecule has 1 unspecified atom stereocenters. The maximum absolute atomic E-state index is 12.8. The van der Waals surface area contributed by atoms with Crippen molar-refractivity contribution in [3.63, 3.8) is 0 Å². The molecule has 1 N–H and O–H groups in total. The molecule has 5 heteroatoms. The molecule has 1 aliphatic heterocycles. The Morgan fingerprint density at radius 2 is 1.89 bits per heavy atom. The van der Waals surface area contributed by atoms with Crippen LogP contribution in [0.25, 0.3) is 11.1 Å². The summed E-state index contributed by atoms with van der Waals surface area (Å²) >= 11 is 1.88.